The van der Waals surface area contributed by atoms with Gasteiger partial charge in [-0.15, -0.1) is 0 Å². The van der Waals surface area contributed by atoms with Gasteiger partial charge >= 0.3 is 0 Å². The van der Waals surface area contributed by atoms with E-state index in [1.54, 1.807) is 0 Å². The van der Waals surface area contributed by atoms with E-state index in [1.165, 1.54) is 50.6 Å². The number of hydrogen-bond acceptors (Lipinski definition) is 3. The van der Waals surface area contributed by atoms with Crippen molar-refractivity contribution in [1.82, 2.24) is 0 Å². The van der Waals surface area contributed by atoms with Crippen molar-refractivity contribution in [3.05, 3.63) is 30.3 Å². The molecule has 1 saturated carbocycles. The standard InChI is InChI=1S/C18H27N3/c1-2-7-15-8-6-12-18(13-11-15)14-20-17(19)21(18)16-9-4-3-5-10-16/h3-5,9-10,15H,2,6-8,11-14H2,1H3,(H2,19,20). The van der Waals surface area contributed by atoms with E-state index in [0.29, 0.717) is 5.96 Å². The lowest BCUT2D eigenvalue weighted by Gasteiger charge is -2.39. The van der Waals surface area contributed by atoms with Crippen LogP contribution in [0.2, 0.25) is 0 Å². The fraction of sp³-hybridized carbons (Fsp3) is 0.611. The van der Waals surface area contributed by atoms with E-state index in [2.05, 4.69) is 47.1 Å². The number of para-hydroxylation sites is 1. The third kappa shape index (κ3) is 2.78. The highest BCUT2D eigenvalue weighted by Crippen LogP contribution is 2.41. The number of hydrogen-bond donors (Lipinski definition) is 1. The Hall–Kier alpha value is -1.51. The third-order valence-corrected chi connectivity index (χ3v) is 5.22. The molecule has 2 unspecified atom stereocenters. The molecule has 2 N–H and O–H groups in total. The quantitative estimate of drug-likeness (QED) is 0.914. The molecule has 1 aliphatic heterocycles. The van der Waals surface area contributed by atoms with Gasteiger partial charge in [-0.05, 0) is 37.3 Å². The Morgan fingerprint density at radius 3 is 2.81 bits per heavy atom. The summed E-state index contributed by atoms with van der Waals surface area (Å²) in [6, 6.07) is 10.5. The molecular weight excluding hydrogens is 258 g/mol. The van der Waals surface area contributed by atoms with E-state index in [0.717, 1.165) is 12.5 Å². The van der Waals surface area contributed by atoms with Gasteiger partial charge < -0.3 is 10.6 Å². The van der Waals surface area contributed by atoms with Gasteiger partial charge in [-0.2, -0.15) is 0 Å². The van der Waals surface area contributed by atoms with Crippen LogP contribution in [0.25, 0.3) is 0 Å². The van der Waals surface area contributed by atoms with E-state index >= 15 is 0 Å². The van der Waals surface area contributed by atoms with Crippen molar-refractivity contribution < 1.29 is 0 Å². The van der Waals surface area contributed by atoms with E-state index < -0.39 is 0 Å². The van der Waals surface area contributed by atoms with E-state index in [1.807, 2.05) is 0 Å². The average molecular weight is 285 g/mol. The van der Waals surface area contributed by atoms with Crippen molar-refractivity contribution in [2.24, 2.45) is 16.6 Å². The van der Waals surface area contributed by atoms with Gasteiger partial charge in [-0.3, -0.25) is 4.99 Å². The summed E-state index contributed by atoms with van der Waals surface area (Å²) in [6.45, 7) is 3.17. The first kappa shape index (κ1) is 14.4. The zero-order valence-corrected chi connectivity index (χ0v) is 13.1. The van der Waals surface area contributed by atoms with E-state index in [4.69, 9.17) is 5.73 Å². The summed E-state index contributed by atoms with van der Waals surface area (Å²) in [4.78, 5) is 6.92. The summed E-state index contributed by atoms with van der Waals surface area (Å²) in [6.07, 6.45) is 9.11. The normalized spacial score (nSPS) is 29.5. The van der Waals surface area contributed by atoms with Crippen LogP contribution in [0, 0.1) is 5.92 Å². The first-order valence-electron chi connectivity index (χ1n) is 8.40. The highest BCUT2D eigenvalue weighted by atomic mass is 15.4. The highest BCUT2D eigenvalue weighted by molar-refractivity contribution is 5.98. The Balaban J connectivity index is 1.83. The first-order valence-corrected chi connectivity index (χ1v) is 8.40. The van der Waals surface area contributed by atoms with Crippen LogP contribution in [0.15, 0.2) is 35.3 Å². The molecule has 1 heterocycles. The SMILES string of the molecule is CCCC1CCCC2(CC1)CN=C(N)N2c1ccccc1. The number of nitrogens with zero attached hydrogens (tertiary/aromatic N) is 2. The summed E-state index contributed by atoms with van der Waals surface area (Å²) >= 11 is 0. The highest BCUT2D eigenvalue weighted by Gasteiger charge is 2.43. The molecular formula is C18H27N3. The van der Waals surface area contributed by atoms with E-state index in [-0.39, 0.29) is 5.54 Å². The number of nitrogens with two attached hydrogens (primary N) is 1. The van der Waals surface area contributed by atoms with Gasteiger partial charge in [0, 0.05) is 5.69 Å². The molecule has 0 radical (unpaired) electrons. The summed E-state index contributed by atoms with van der Waals surface area (Å²) in [5.74, 6) is 1.60. The molecule has 21 heavy (non-hydrogen) atoms. The Morgan fingerprint density at radius 1 is 1.24 bits per heavy atom. The minimum Gasteiger partial charge on any atom is -0.369 e. The van der Waals surface area contributed by atoms with Gasteiger partial charge in [0.2, 0.25) is 0 Å². The molecule has 1 aliphatic carbocycles. The maximum atomic E-state index is 6.24. The Bertz CT molecular complexity index is 496. The molecule has 0 aromatic heterocycles. The van der Waals surface area contributed by atoms with Gasteiger partial charge in [-0.1, -0.05) is 50.8 Å². The van der Waals surface area contributed by atoms with Gasteiger partial charge in [0.15, 0.2) is 5.96 Å². The van der Waals surface area contributed by atoms with E-state index in [9.17, 15) is 0 Å². The fourth-order valence-corrected chi connectivity index (χ4v) is 4.14. The van der Waals surface area contributed by atoms with Crippen LogP contribution in [0.5, 0.6) is 0 Å². The van der Waals surface area contributed by atoms with Crippen LogP contribution in [-0.2, 0) is 0 Å². The number of benzene rings is 1. The molecule has 1 fully saturated rings. The van der Waals surface area contributed by atoms with Crippen molar-refractivity contribution in [2.45, 2.75) is 57.4 Å². The van der Waals surface area contributed by atoms with Gasteiger partial charge in [-0.25, -0.2) is 0 Å². The summed E-state index contributed by atoms with van der Waals surface area (Å²) in [5, 5.41) is 0. The molecule has 3 rings (SSSR count). The Labute approximate surface area is 128 Å². The Kier molecular flexibility index (Phi) is 4.18. The first-order chi connectivity index (χ1) is 10.2. The third-order valence-electron chi connectivity index (χ3n) is 5.22. The average Bonchev–Trinajstić information content (AvgIpc) is 2.68. The smallest absolute Gasteiger partial charge is 0.196 e. The lowest BCUT2D eigenvalue weighted by molar-refractivity contribution is 0.378. The monoisotopic (exact) mass is 285 g/mol. The van der Waals surface area contributed by atoms with Crippen molar-refractivity contribution in [3.63, 3.8) is 0 Å². The van der Waals surface area contributed by atoms with Crippen LogP contribution >= 0.6 is 0 Å². The molecule has 0 bridgehead atoms. The second kappa shape index (κ2) is 6.08. The van der Waals surface area contributed by atoms with Crippen LogP contribution in [-0.4, -0.2) is 18.0 Å². The second-order valence-corrected chi connectivity index (χ2v) is 6.66. The predicted molar refractivity (Wildman–Crippen MR) is 89.6 cm³/mol. The van der Waals surface area contributed by atoms with Crippen LogP contribution in [0.3, 0.4) is 0 Å². The maximum Gasteiger partial charge on any atom is 0.196 e. The van der Waals surface area contributed by atoms with Gasteiger partial charge in [0.25, 0.3) is 0 Å². The zero-order valence-electron chi connectivity index (χ0n) is 13.1. The van der Waals surface area contributed by atoms with Crippen molar-refractivity contribution in [2.75, 3.05) is 11.4 Å². The predicted octanol–water partition coefficient (Wildman–Crippen LogP) is 3.94. The maximum absolute atomic E-state index is 6.24. The number of aliphatic imine (C=N–C) groups is 1. The lowest BCUT2D eigenvalue weighted by Crippen LogP contribution is -2.51. The molecule has 2 atom stereocenters. The summed E-state index contributed by atoms with van der Waals surface area (Å²) in [7, 11) is 0. The number of guanidine groups is 1. The Morgan fingerprint density at radius 2 is 2.05 bits per heavy atom. The number of anilines is 1. The van der Waals surface area contributed by atoms with Gasteiger partial charge in [0.1, 0.15) is 0 Å². The lowest BCUT2D eigenvalue weighted by atomic mass is 9.87. The molecule has 2 aliphatic rings. The molecule has 1 spiro atoms. The molecule has 1 aromatic carbocycles. The minimum absolute atomic E-state index is 0.133. The number of rotatable bonds is 3. The van der Waals surface area contributed by atoms with Crippen LogP contribution in [0.1, 0.15) is 51.9 Å². The molecule has 0 amide bonds. The van der Waals surface area contributed by atoms with Crippen molar-refractivity contribution >= 4 is 11.6 Å². The zero-order chi connectivity index (χ0) is 14.7. The van der Waals surface area contributed by atoms with Crippen LogP contribution < -0.4 is 10.6 Å². The summed E-state index contributed by atoms with van der Waals surface area (Å²) in [5.41, 5.74) is 7.57. The van der Waals surface area contributed by atoms with Gasteiger partial charge in [0.05, 0.1) is 12.1 Å². The topological polar surface area (TPSA) is 41.6 Å². The minimum atomic E-state index is 0.133. The van der Waals surface area contributed by atoms with Crippen molar-refractivity contribution in [3.8, 4) is 0 Å². The summed E-state index contributed by atoms with van der Waals surface area (Å²) < 4.78 is 0. The van der Waals surface area contributed by atoms with Crippen LogP contribution in [0.4, 0.5) is 5.69 Å². The molecule has 3 heteroatoms. The van der Waals surface area contributed by atoms with Crippen molar-refractivity contribution in [1.29, 1.82) is 0 Å². The fourth-order valence-electron chi connectivity index (χ4n) is 4.14. The second-order valence-electron chi connectivity index (χ2n) is 6.66. The molecule has 1 aromatic rings. The largest absolute Gasteiger partial charge is 0.369 e. The molecule has 114 valence electrons. The molecule has 0 saturated heterocycles. The molecule has 3 nitrogen and oxygen atoms in total.